The second-order valence-corrected chi connectivity index (χ2v) is 13.0. The van der Waals surface area contributed by atoms with E-state index in [2.05, 4.69) is 0 Å². The van der Waals surface area contributed by atoms with Crippen LogP contribution in [0.25, 0.3) is 0 Å². The quantitative estimate of drug-likeness (QED) is 0.0990. The molecule has 22 nitrogen and oxygen atoms in total. The molecule has 0 saturated carbocycles. The van der Waals surface area contributed by atoms with Gasteiger partial charge in [-0.1, -0.05) is 0 Å². The third-order valence-corrected chi connectivity index (χ3v) is 9.50. The molecule has 50 heavy (non-hydrogen) atoms. The summed E-state index contributed by atoms with van der Waals surface area (Å²) in [6.07, 6.45) is -38.1. The van der Waals surface area contributed by atoms with Crippen LogP contribution in [0, 0.1) is 0 Å². The van der Waals surface area contributed by atoms with Crippen LogP contribution < -0.4 is 0 Å². The van der Waals surface area contributed by atoms with Crippen LogP contribution in [0.3, 0.4) is 0 Å². The average molecular weight is 737 g/mol. The van der Waals surface area contributed by atoms with Gasteiger partial charge >= 0.3 is 0 Å². The highest BCUT2D eigenvalue weighted by atomic mass is 16.8. The Labute approximate surface area is 284 Å². The van der Waals surface area contributed by atoms with Crippen molar-refractivity contribution in [2.45, 2.75) is 155 Å². The molecule has 5 saturated heterocycles. The van der Waals surface area contributed by atoms with Crippen LogP contribution in [0.4, 0.5) is 0 Å². The van der Waals surface area contributed by atoms with Crippen molar-refractivity contribution in [2.75, 3.05) is 19.8 Å². The van der Waals surface area contributed by atoms with E-state index in [1.165, 1.54) is 13.8 Å². The Kier molecular flexibility index (Phi) is 13.4. The molecule has 292 valence electrons. The predicted molar refractivity (Wildman–Crippen MR) is 152 cm³/mol. The molecule has 0 aromatic rings. The zero-order chi connectivity index (χ0) is 36.8. The van der Waals surface area contributed by atoms with Crippen LogP contribution in [0.2, 0.25) is 0 Å². The van der Waals surface area contributed by atoms with Crippen molar-refractivity contribution in [1.82, 2.24) is 0 Å². The first-order valence-corrected chi connectivity index (χ1v) is 16.1. The van der Waals surface area contributed by atoms with Crippen molar-refractivity contribution in [2.24, 2.45) is 0 Å². The highest BCUT2D eigenvalue weighted by molar-refractivity contribution is 4.97. The van der Waals surface area contributed by atoms with Crippen LogP contribution >= 0.6 is 0 Å². The molecule has 0 unspecified atom stereocenters. The molecule has 0 spiro atoms. The summed E-state index contributed by atoms with van der Waals surface area (Å²) in [4.78, 5) is 0. The summed E-state index contributed by atoms with van der Waals surface area (Å²) in [5, 5.41) is 135. The lowest BCUT2D eigenvalue weighted by molar-refractivity contribution is -0.399. The Morgan fingerprint density at radius 2 is 0.940 bits per heavy atom. The molecule has 0 amide bonds. The molecule has 5 aliphatic rings. The lowest BCUT2D eigenvalue weighted by atomic mass is 9.97. The van der Waals surface area contributed by atoms with E-state index in [0.29, 0.717) is 0 Å². The SMILES string of the molecule is C[C@@H]1O[C@@H](O[C@@H]2[C@@H](O[C@@H]3O[C@@H](C)[C@H](O)[C@@H](O)[C@H]3O[C@H]3O[C@@H](CO)[C@H](O)[C@H]3O)[C@H](O[C@@H]3[C@H](O)[C@@H](O)[C@H](O)O[C@@H]3CO)OC[C@@H]2O)[C@H](O)[C@H](O)[C@H]1O. The third kappa shape index (κ3) is 7.97. The fourth-order valence-electron chi connectivity index (χ4n) is 6.40. The largest absolute Gasteiger partial charge is 0.394 e. The van der Waals surface area contributed by atoms with Gasteiger partial charge in [-0.05, 0) is 13.8 Å². The van der Waals surface area contributed by atoms with E-state index >= 15 is 0 Å². The number of ether oxygens (including phenoxy) is 9. The third-order valence-electron chi connectivity index (χ3n) is 9.50. The average Bonchev–Trinajstić information content (AvgIpc) is 3.36. The fourth-order valence-corrected chi connectivity index (χ4v) is 6.40. The standard InChI is InChI=1S/C28H48O22/c1-6-11(32)14(35)19(40)25(43-6)47-20-8(31)5-42-27(48-21-10(4-30)45-24(41)17(38)16(21)37)23(20)50-28-22(15(36)12(33)7(2)44-28)49-26-18(39)13(34)9(3-29)46-26/h6-41H,3-5H2,1-2H3/t6-,7-,8-,9-,10+,11-,12-,13-,14+,15+,16+,17+,18+,19+,20-,21-,22+,23+,24+,25-,26+,27-,28-/m0/s1. The van der Waals surface area contributed by atoms with Gasteiger partial charge in [-0.25, -0.2) is 0 Å². The number of hydrogen-bond acceptors (Lipinski definition) is 22. The van der Waals surface area contributed by atoms with Crippen molar-refractivity contribution in [3.8, 4) is 0 Å². The molecular weight excluding hydrogens is 688 g/mol. The van der Waals surface area contributed by atoms with Crippen LogP contribution in [-0.4, -0.2) is 228 Å². The molecule has 0 aromatic heterocycles. The predicted octanol–water partition coefficient (Wildman–Crippen LogP) is -8.59. The summed E-state index contributed by atoms with van der Waals surface area (Å²) < 4.78 is 51.2. The van der Waals surface area contributed by atoms with Crippen molar-refractivity contribution < 1.29 is 109 Å². The van der Waals surface area contributed by atoms with E-state index in [-0.39, 0.29) is 0 Å². The number of rotatable bonds is 10. The van der Waals surface area contributed by atoms with E-state index in [0.717, 1.165) is 0 Å². The van der Waals surface area contributed by atoms with Crippen LogP contribution in [0.5, 0.6) is 0 Å². The molecule has 5 rings (SSSR count). The minimum Gasteiger partial charge on any atom is -0.394 e. The Hall–Kier alpha value is -0.880. The Morgan fingerprint density at radius 1 is 0.440 bits per heavy atom. The van der Waals surface area contributed by atoms with E-state index in [9.17, 15) is 66.4 Å². The summed E-state index contributed by atoms with van der Waals surface area (Å²) in [6, 6.07) is 0. The van der Waals surface area contributed by atoms with Gasteiger partial charge in [0.05, 0.1) is 32.0 Å². The number of aliphatic hydroxyl groups is 13. The summed E-state index contributed by atoms with van der Waals surface area (Å²) in [6.45, 7) is 0.603. The molecule has 5 heterocycles. The minimum absolute atomic E-state index is 0.580. The highest BCUT2D eigenvalue weighted by Crippen LogP contribution is 2.36. The highest BCUT2D eigenvalue weighted by Gasteiger charge is 2.56. The summed E-state index contributed by atoms with van der Waals surface area (Å²) in [5.74, 6) is 0. The topological polar surface area (TPSA) is 346 Å². The molecule has 5 aliphatic heterocycles. The zero-order valence-electron chi connectivity index (χ0n) is 26.9. The van der Waals surface area contributed by atoms with E-state index in [1.807, 2.05) is 0 Å². The fraction of sp³-hybridized carbons (Fsp3) is 1.00. The van der Waals surface area contributed by atoms with Gasteiger partial charge in [0.15, 0.2) is 31.5 Å². The Bertz CT molecular complexity index is 1070. The molecule has 5 fully saturated rings. The minimum atomic E-state index is -1.92. The molecule has 0 bridgehead atoms. The van der Waals surface area contributed by atoms with E-state index < -0.39 is 161 Å². The van der Waals surface area contributed by atoms with Gasteiger partial charge in [0.2, 0.25) is 0 Å². The van der Waals surface area contributed by atoms with E-state index in [1.54, 1.807) is 0 Å². The number of hydrogen-bond donors (Lipinski definition) is 13. The first kappa shape index (κ1) is 40.3. The van der Waals surface area contributed by atoms with Gasteiger partial charge in [-0.15, -0.1) is 0 Å². The smallest absolute Gasteiger partial charge is 0.187 e. The summed E-state index contributed by atoms with van der Waals surface area (Å²) in [7, 11) is 0. The summed E-state index contributed by atoms with van der Waals surface area (Å²) in [5.41, 5.74) is 0. The zero-order valence-corrected chi connectivity index (χ0v) is 26.9. The normalized spacial score (nSPS) is 54.9. The van der Waals surface area contributed by atoms with Gasteiger partial charge in [-0.2, -0.15) is 0 Å². The molecule has 0 aromatic carbocycles. The van der Waals surface area contributed by atoms with Gasteiger partial charge in [0.1, 0.15) is 97.7 Å². The van der Waals surface area contributed by atoms with Crippen molar-refractivity contribution in [1.29, 1.82) is 0 Å². The second-order valence-electron chi connectivity index (χ2n) is 13.0. The second kappa shape index (κ2) is 16.6. The first-order valence-electron chi connectivity index (χ1n) is 16.1. The Balaban J connectivity index is 1.47. The maximum atomic E-state index is 11.1. The van der Waals surface area contributed by atoms with Gasteiger partial charge in [0.25, 0.3) is 0 Å². The first-order chi connectivity index (χ1) is 23.6. The monoisotopic (exact) mass is 736 g/mol. The van der Waals surface area contributed by atoms with Crippen molar-refractivity contribution in [3.05, 3.63) is 0 Å². The molecule has 22 heteroatoms. The number of aliphatic hydroxyl groups excluding tert-OH is 13. The van der Waals surface area contributed by atoms with Crippen LogP contribution in [0.1, 0.15) is 13.8 Å². The lowest BCUT2D eigenvalue weighted by Crippen LogP contribution is -2.67. The van der Waals surface area contributed by atoms with Crippen molar-refractivity contribution in [3.63, 3.8) is 0 Å². The van der Waals surface area contributed by atoms with Gasteiger partial charge < -0.3 is 109 Å². The van der Waals surface area contributed by atoms with Gasteiger partial charge in [0, 0.05) is 0 Å². The molecule has 23 atom stereocenters. The maximum Gasteiger partial charge on any atom is 0.187 e. The molecule has 0 aliphatic carbocycles. The van der Waals surface area contributed by atoms with E-state index in [4.69, 9.17) is 42.6 Å². The van der Waals surface area contributed by atoms with Crippen molar-refractivity contribution >= 4 is 0 Å². The maximum absolute atomic E-state index is 11.1. The summed E-state index contributed by atoms with van der Waals surface area (Å²) >= 11 is 0. The van der Waals surface area contributed by atoms with Gasteiger partial charge in [-0.3, -0.25) is 0 Å². The van der Waals surface area contributed by atoms with Crippen LogP contribution in [-0.2, 0) is 42.6 Å². The molecular formula is C28H48O22. The lowest BCUT2D eigenvalue weighted by Gasteiger charge is -2.49. The Morgan fingerprint density at radius 3 is 1.56 bits per heavy atom. The van der Waals surface area contributed by atoms with Crippen LogP contribution in [0.15, 0.2) is 0 Å². The molecule has 0 radical (unpaired) electrons. The molecule has 13 N–H and O–H groups in total.